The summed E-state index contributed by atoms with van der Waals surface area (Å²) in [4.78, 5) is 21.8. The summed E-state index contributed by atoms with van der Waals surface area (Å²) in [6.45, 7) is 0.0212. The van der Waals surface area contributed by atoms with Crippen LogP contribution in [0.25, 0.3) is 17.2 Å². The number of nitrogens with zero attached hydrogens (tertiary/aromatic N) is 5. The normalized spacial score (nSPS) is 12.1. The van der Waals surface area contributed by atoms with Crippen molar-refractivity contribution >= 4 is 13.2 Å². The van der Waals surface area contributed by atoms with Crippen LogP contribution < -0.4 is 0 Å². The number of aromatic amines is 1. The van der Waals surface area contributed by atoms with Crippen LogP contribution in [-0.4, -0.2) is 46.1 Å². The second-order valence-electron chi connectivity index (χ2n) is 4.25. The molecule has 21 heavy (non-hydrogen) atoms. The fourth-order valence-electron chi connectivity index (χ4n) is 1.92. The first-order valence-electron chi connectivity index (χ1n) is 5.86. The van der Waals surface area contributed by atoms with Crippen LogP contribution in [0.4, 0.5) is 0 Å². The van der Waals surface area contributed by atoms with Crippen molar-refractivity contribution in [3.05, 3.63) is 30.1 Å². The highest BCUT2D eigenvalue weighted by Crippen LogP contribution is 2.34. The largest absolute Gasteiger partial charge is 0.363 e. The van der Waals surface area contributed by atoms with Crippen molar-refractivity contribution in [1.82, 2.24) is 30.0 Å². The number of hydrogen-bond donors (Lipinski definition) is 3. The van der Waals surface area contributed by atoms with Crippen LogP contribution in [-0.2, 0) is 15.9 Å². The molecule has 11 heteroatoms. The molecule has 0 aromatic carbocycles. The van der Waals surface area contributed by atoms with Crippen molar-refractivity contribution in [2.24, 2.45) is 0 Å². The zero-order valence-electron chi connectivity index (χ0n) is 10.6. The number of rotatable bonds is 5. The molecular weight excluding hydrogens is 299 g/mol. The predicted octanol–water partition coefficient (Wildman–Crippen LogP) is 0.166. The van der Waals surface area contributed by atoms with Crippen LogP contribution in [0, 0.1) is 0 Å². The molecule has 0 aliphatic carbocycles. The third kappa shape index (κ3) is 2.98. The molecule has 0 spiro atoms. The van der Waals surface area contributed by atoms with Crippen LogP contribution in [0.1, 0.15) is 5.69 Å². The maximum absolute atomic E-state index is 10.8. The number of hydrogen-bond acceptors (Lipinski definition) is 6. The lowest BCUT2D eigenvalue weighted by molar-refractivity contribution is 0.141. The molecule has 0 fully saturated rings. The van der Waals surface area contributed by atoms with E-state index in [0.717, 1.165) is 0 Å². The smallest absolute Gasteiger partial charge is 0.350 e. The Morgan fingerprint density at radius 2 is 2.24 bits per heavy atom. The Morgan fingerprint density at radius 3 is 2.95 bits per heavy atom. The first-order valence-corrected chi connectivity index (χ1v) is 7.66. The van der Waals surface area contributed by atoms with E-state index in [1.165, 1.54) is 0 Å². The lowest BCUT2D eigenvalue weighted by Crippen LogP contribution is -2.03. The van der Waals surface area contributed by atoms with Gasteiger partial charge in [-0.3, -0.25) is 8.97 Å². The van der Waals surface area contributed by atoms with Crippen LogP contribution in [0.15, 0.2) is 24.4 Å². The summed E-state index contributed by atoms with van der Waals surface area (Å²) in [5.74, 6) is 0.435. The molecule has 3 heterocycles. The Morgan fingerprint density at radius 1 is 1.38 bits per heavy atom. The lowest BCUT2D eigenvalue weighted by Gasteiger charge is -2.09. The molecule has 10 nitrogen and oxygen atoms in total. The van der Waals surface area contributed by atoms with Gasteiger partial charge in [-0.15, -0.1) is 5.10 Å². The molecule has 0 saturated heterocycles. The van der Waals surface area contributed by atoms with Gasteiger partial charge in [-0.2, -0.15) is 0 Å². The number of tetrazole rings is 1. The van der Waals surface area contributed by atoms with Gasteiger partial charge in [-0.1, -0.05) is 6.07 Å². The van der Waals surface area contributed by atoms with Gasteiger partial charge in [0.1, 0.15) is 17.7 Å². The molecule has 0 unspecified atom stereocenters. The Labute approximate surface area is 117 Å². The highest BCUT2D eigenvalue weighted by atomic mass is 31.2. The van der Waals surface area contributed by atoms with E-state index in [-0.39, 0.29) is 6.61 Å². The Balaban J connectivity index is 1.95. The molecule has 3 aromatic rings. The van der Waals surface area contributed by atoms with E-state index < -0.39 is 13.9 Å². The van der Waals surface area contributed by atoms with Gasteiger partial charge in [0.25, 0.3) is 0 Å². The number of pyridine rings is 1. The highest BCUT2D eigenvalue weighted by molar-refractivity contribution is 7.51. The average Bonchev–Trinajstić information content (AvgIpc) is 3.06. The first-order chi connectivity index (χ1) is 10.0. The zero-order chi connectivity index (χ0) is 14.9. The van der Waals surface area contributed by atoms with Crippen molar-refractivity contribution < 1.29 is 19.1 Å². The third-order valence-corrected chi connectivity index (χ3v) is 3.23. The molecule has 3 rings (SSSR count). The maximum Gasteiger partial charge on any atom is 0.350 e. The van der Waals surface area contributed by atoms with Crippen molar-refractivity contribution in [2.45, 2.75) is 6.61 Å². The van der Waals surface area contributed by atoms with Crippen molar-refractivity contribution in [3.63, 3.8) is 0 Å². The number of H-pyrrole nitrogens is 1. The molecule has 0 aliphatic heterocycles. The molecule has 3 aromatic heterocycles. The van der Waals surface area contributed by atoms with Gasteiger partial charge in [0, 0.05) is 0 Å². The number of imidazole rings is 1. The quantitative estimate of drug-likeness (QED) is 0.567. The predicted molar refractivity (Wildman–Crippen MR) is 70.1 cm³/mol. The summed E-state index contributed by atoms with van der Waals surface area (Å²) in [7, 11) is -4.19. The fraction of sp³-hybridized carbons (Fsp3) is 0.200. The maximum atomic E-state index is 10.8. The molecule has 0 atom stereocenters. The summed E-state index contributed by atoms with van der Waals surface area (Å²) < 4.78 is 17.6. The first kappa shape index (κ1) is 13.8. The van der Waals surface area contributed by atoms with Gasteiger partial charge in [0.15, 0.2) is 5.82 Å². The van der Waals surface area contributed by atoms with E-state index >= 15 is 0 Å². The molecule has 0 saturated carbocycles. The number of aromatic nitrogens is 6. The van der Waals surface area contributed by atoms with Gasteiger partial charge < -0.3 is 14.5 Å². The minimum atomic E-state index is -4.19. The SMILES string of the molecule is O=P(O)(O)COCc1cccc2ncc(-c3nnn[nH]3)n12. The second kappa shape index (κ2) is 5.34. The monoisotopic (exact) mass is 310 g/mol. The van der Waals surface area contributed by atoms with Crippen LogP contribution in [0.2, 0.25) is 0 Å². The van der Waals surface area contributed by atoms with Gasteiger partial charge in [0.05, 0.1) is 18.5 Å². The fourth-order valence-corrected chi connectivity index (χ4v) is 2.25. The van der Waals surface area contributed by atoms with Gasteiger partial charge >= 0.3 is 7.60 Å². The van der Waals surface area contributed by atoms with E-state index in [0.29, 0.717) is 22.9 Å². The van der Waals surface area contributed by atoms with Gasteiger partial charge in [-0.25, -0.2) is 10.1 Å². The molecule has 0 aliphatic rings. The summed E-state index contributed by atoms with van der Waals surface area (Å²) in [6, 6.07) is 5.34. The second-order valence-corrected chi connectivity index (χ2v) is 5.83. The zero-order valence-corrected chi connectivity index (χ0v) is 11.5. The minimum Gasteiger partial charge on any atom is -0.363 e. The van der Waals surface area contributed by atoms with Gasteiger partial charge in [0.2, 0.25) is 0 Å². The standard InChI is InChI=1S/C10H11N6O4P/c17-21(18,19)6-20-5-7-2-1-3-9-11-4-8(16(7)9)10-12-14-15-13-10/h1-4H,5-6H2,(H2,17,18,19)(H,12,13,14,15). The van der Waals surface area contributed by atoms with Crippen LogP contribution >= 0.6 is 7.60 Å². The Hall–Kier alpha value is -2.13. The average molecular weight is 310 g/mol. The molecule has 0 radical (unpaired) electrons. The van der Waals surface area contributed by atoms with Crippen LogP contribution in [0.5, 0.6) is 0 Å². The molecular formula is C10H11N6O4P. The number of ether oxygens (including phenoxy) is 1. The molecule has 3 N–H and O–H groups in total. The van der Waals surface area contributed by atoms with Crippen molar-refractivity contribution in [3.8, 4) is 11.5 Å². The Bertz CT molecular complexity index is 795. The van der Waals surface area contributed by atoms with E-state index in [4.69, 9.17) is 14.5 Å². The minimum absolute atomic E-state index is 0.0212. The molecule has 0 amide bonds. The number of nitrogens with one attached hydrogen (secondary N) is 1. The van der Waals surface area contributed by atoms with Crippen LogP contribution in [0.3, 0.4) is 0 Å². The van der Waals surface area contributed by atoms with Gasteiger partial charge in [-0.05, 0) is 22.6 Å². The summed E-state index contributed by atoms with van der Waals surface area (Å²) in [6.07, 6.45) is 0.960. The van der Waals surface area contributed by atoms with E-state index in [9.17, 15) is 4.57 Å². The summed E-state index contributed by atoms with van der Waals surface area (Å²) >= 11 is 0. The summed E-state index contributed by atoms with van der Waals surface area (Å²) in [5, 5.41) is 13.5. The molecule has 110 valence electrons. The van der Waals surface area contributed by atoms with E-state index in [2.05, 4.69) is 25.6 Å². The topological polar surface area (TPSA) is 139 Å². The van der Waals surface area contributed by atoms with Crippen molar-refractivity contribution in [2.75, 3.05) is 6.35 Å². The van der Waals surface area contributed by atoms with E-state index in [1.807, 2.05) is 0 Å². The highest BCUT2D eigenvalue weighted by Gasteiger charge is 2.15. The number of fused-ring (bicyclic) bond motifs is 1. The summed E-state index contributed by atoms with van der Waals surface area (Å²) in [5.41, 5.74) is 1.95. The van der Waals surface area contributed by atoms with E-state index in [1.54, 1.807) is 28.8 Å². The molecule has 0 bridgehead atoms. The Kier molecular flexibility index (Phi) is 3.52. The lowest BCUT2D eigenvalue weighted by atomic mass is 10.3. The van der Waals surface area contributed by atoms with Crippen molar-refractivity contribution in [1.29, 1.82) is 0 Å². The third-order valence-electron chi connectivity index (χ3n) is 2.71.